The minimum atomic E-state index is 0.238. The van der Waals surface area contributed by atoms with Crippen LogP contribution < -0.4 is 0 Å². The van der Waals surface area contributed by atoms with E-state index in [-0.39, 0.29) is 11.1 Å². The fraction of sp³-hybridized carbons (Fsp3) is 0. The molecule has 0 aliphatic heterocycles. The SMILES string of the molecule is C#CC(=C=C=C=C=C=C=C(C#C)C#C)C#C. The highest BCUT2D eigenvalue weighted by Gasteiger charge is 1.74. The van der Waals surface area contributed by atoms with Gasteiger partial charge in [-0.25, -0.2) is 0 Å². The third-order valence-corrected chi connectivity index (χ3v) is 1.14. The fourth-order valence-electron chi connectivity index (χ4n) is 0.478. The Kier molecular flexibility index (Phi) is 6.54. The van der Waals surface area contributed by atoms with Crippen LogP contribution in [-0.4, -0.2) is 0 Å². The lowest BCUT2D eigenvalue weighted by Gasteiger charge is -1.69. The molecule has 0 saturated heterocycles. The van der Waals surface area contributed by atoms with Gasteiger partial charge >= 0.3 is 0 Å². The van der Waals surface area contributed by atoms with Gasteiger partial charge in [-0.2, -0.15) is 0 Å². The first kappa shape index (κ1) is 12.7. The van der Waals surface area contributed by atoms with Crippen molar-refractivity contribution in [1.29, 1.82) is 0 Å². The largest absolute Gasteiger partial charge is 0.124 e. The average Bonchev–Trinajstić information content (AvgIpc) is 2.33. The predicted octanol–water partition coefficient (Wildman–Crippen LogP) is 1.75. The molecule has 0 aromatic carbocycles. The van der Waals surface area contributed by atoms with Gasteiger partial charge in [-0.3, -0.25) is 0 Å². The lowest BCUT2D eigenvalue weighted by molar-refractivity contribution is 1.93. The Morgan fingerprint density at radius 2 is 0.812 bits per heavy atom. The molecule has 0 amide bonds. The zero-order valence-electron chi connectivity index (χ0n) is 8.31. The summed E-state index contributed by atoms with van der Waals surface area (Å²) in [5.41, 5.74) is 15.3. The molecule has 0 heteroatoms. The predicted molar refractivity (Wildman–Crippen MR) is 63.4 cm³/mol. The van der Waals surface area contributed by atoms with Crippen LogP contribution in [0.4, 0.5) is 0 Å². The zero-order valence-corrected chi connectivity index (χ0v) is 8.31. The van der Waals surface area contributed by atoms with Crippen molar-refractivity contribution in [1.82, 2.24) is 0 Å². The monoisotopic (exact) mass is 196 g/mol. The number of terminal acetylenes is 4. The van der Waals surface area contributed by atoms with E-state index in [1.807, 2.05) is 0 Å². The minimum absolute atomic E-state index is 0.238. The first-order valence-corrected chi connectivity index (χ1v) is 3.90. The van der Waals surface area contributed by atoms with Gasteiger partial charge in [0, 0.05) is 0 Å². The van der Waals surface area contributed by atoms with Gasteiger partial charge in [0.15, 0.2) is 0 Å². The number of hydrogen-bond donors (Lipinski definition) is 0. The van der Waals surface area contributed by atoms with Gasteiger partial charge in [0.2, 0.25) is 0 Å². The summed E-state index contributed by atoms with van der Waals surface area (Å²) >= 11 is 0. The van der Waals surface area contributed by atoms with Crippen molar-refractivity contribution in [2.75, 3.05) is 0 Å². The fourth-order valence-corrected chi connectivity index (χ4v) is 0.478. The molecule has 0 unspecified atom stereocenters. The highest BCUT2D eigenvalue weighted by molar-refractivity contribution is 5.40. The van der Waals surface area contributed by atoms with Gasteiger partial charge in [0.1, 0.15) is 11.1 Å². The second kappa shape index (κ2) is 8.27. The normalized spacial score (nSPS) is 5.00. The van der Waals surface area contributed by atoms with E-state index >= 15 is 0 Å². The lowest BCUT2D eigenvalue weighted by Crippen LogP contribution is -1.62. The van der Waals surface area contributed by atoms with Crippen molar-refractivity contribution in [2.45, 2.75) is 0 Å². The molecule has 0 aromatic heterocycles. The standard InChI is InChI=1S/C16H4/c1-5-15(6-2)13-11-9-10-12-14-16(7-3)8-4/h1-4H. The van der Waals surface area contributed by atoms with Gasteiger partial charge < -0.3 is 0 Å². The first-order chi connectivity index (χ1) is 7.78. The molecule has 0 bridgehead atoms. The molecular formula is C16H4. The summed E-state index contributed by atoms with van der Waals surface area (Å²) in [5.74, 6) is 8.90. The zero-order chi connectivity index (χ0) is 12.2. The average molecular weight is 196 g/mol. The Morgan fingerprint density at radius 3 is 1.06 bits per heavy atom. The van der Waals surface area contributed by atoms with Crippen LogP contribution in [0.15, 0.2) is 45.5 Å². The van der Waals surface area contributed by atoms with Crippen LogP contribution >= 0.6 is 0 Å². The molecule has 0 rings (SSSR count). The van der Waals surface area contributed by atoms with E-state index in [0.29, 0.717) is 0 Å². The highest BCUT2D eigenvalue weighted by Crippen LogP contribution is 1.82. The van der Waals surface area contributed by atoms with E-state index in [0.717, 1.165) is 0 Å². The summed E-state index contributed by atoms with van der Waals surface area (Å²) in [7, 11) is 0. The van der Waals surface area contributed by atoms with E-state index in [2.05, 4.69) is 58.1 Å². The van der Waals surface area contributed by atoms with Crippen molar-refractivity contribution in [3.8, 4) is 49.4 Å². The van der Waals surface area contributed by atoms with Crippen LogP contribution in [0.3, 0.4) is 0 Å². The quantitative estimate of drug-likeness (QED) is 0.409. The van der Waals surface area contributed by atoms with Crippen LogP contribution in [0.5, 0.6) is 0 Å². The second-order valence-corrected chi connectivity index (χ2v) is 2.08. The molecule has 0 N–H and O–H groups in total. The van der Waals surface area contributed by atoms with Crippen molar-refractivity contribution < 1.29 is 0 Å². The van der Waals surface area contributed by atoms with Gasteiger partial charge in [-0.05, 0) is 34.4 Å². The smallest absolute Gasteiger partial charge is 0.113 e. The molecule has 0 aliphatic carbocycles. The summed E-state index contributed by atoms with van der Waals surface area (Å²) in [5, 5.41) is 0. The molecular weight excluding hydrogens is 192 g/mol. The van der Waals surface area contributed by atoms with Gasteiger partial charge in [0.25, 0.3) is 0 Å². The van der Waals surface area contributed by atoms with E-state index in [4.69, 9.17) is 25.7 Å². The number of rotatable bonds is 0. The molecule has 0 atom stereocenters. The van der Waals surface area contributed by atoms with Gasteiger partial charge in [0.05, 0.1) is 0 Å². The van der Waals surface area contributed by atoms with Crippen LogP contribution in [0.1, 0.15) is 0 Å². The number of allylic oxidation sites excluding steroid dienone is 2. The van der Waals surface area contributed by atoms with E-state index in [9.17, 15) is 0 Å². The summed E-state index contributed by atoms with van der Waals surface area (Å²) in [6, 6.07) is 0. The lowest BCUT2D eigenvalue weighted by atomic mass is 10.3. The van der Waals surface area contributed by atoms with Crippen LogP contribution in [0.2, 0.25) is 0 Å². The molecule has 0 radical (unpaired) electrons. The molecule has 16 heavy (non-hydrogen) atoms. The summed E-state index contributed by atoms with van der Waals surface area (Å²) in [4.78, 5) is 0. The minimum Gasteiger partial charge on any atom is -0.113 e. The Balaban J connectivity index is 5.72. The maximum atomic E-state index is 5.04. The van der Waals surface area contributed by atoms with Crippen LogP contribution in [0, 0.1) is 49.4 Å². The number of hydrogen-bond acceptors (Lipinski definition) is 0. The Labute approximate surface area is 95.4 Å². The Bertz CT molecular complexity index is 593. The molecule has 0 aromatic rings. The highest BCUT2D eigenvalue weighted by atomic mass is 13.7. The maximum absolute atomic E-state index is 5.04. The van der Waals surface area contributed by atoms with Gasteiger partial charge in [-0.1, -0.05) is 23.7 Å². The maximum Gasteiger partial charge on any atom is 0.124 e. The summed E-state index contributed by atoms with van der Waals surface area (Å²) in [6.07, 6.45) is 20.2. The third kappa shape index (κ3) is 5.33. The Morgan fingerprint density at radius 1 is 0.500 bits per heavy atom. The van der Waals surface area contributed by atoms with Crippen molar-refractivity contribution in [3.63, 3.8) is 0 Å². The molecule has 0 spiro atoms. The molecule has 68 valence electrons. The Hall–Kier alpha value is -3.34. The van der Waals surface area contributed by atoms with E-state index in [1.54, 1.807) is 0 Å². The molecule has 0 fully saturated rings. The third-order valence-electron chi connectivity index (χ3n) is 1.14. The molecule has 0 heterocycles. The van der Waals surface area contributed by atoms with Crippen LogP contribution in [0.25, 0.3) is 0 Å². The molecule has 0 aliphatic rings. The summed E-state index contributed by atoms with van der Waals surface area (Å²) < 4.78 is 0. The molecule has 0 saturated carbocycles. The van der Waals surface area contributed by atoms with Gasteiger partial charge in [-0.15, -0.1) is 25.7 Å². The second-order valence-electron chi connectivity index (χ2n) is 2.08. The van der Waals surface area contributed by atoms with Crippen molar-refractivity contribution in [2.24, 2.45) is 0 Å². The van der Waals surface area contributed by atoms with E-state index in [1.165, 1.54) is 0 Å². The van der Waals surface area contributed by atoms with Crippen LogP contribution in [-0.2, 0) is 0 Å². The first-order valence-electron chi connectivity index (χ1n) is 3.90. The van der Waals surface area contributed by atoms with Crippen molar-refractivity contribution in [3.05, 3.63) is 45.5 Å². The summed E-state index contributed by atoms with van der Waals surface area (Å²) in [6.45, 7) is 0. The topological polar surface area (TPSA) is 0 Å². The van der Waals surface area contributed by atoms with Crippen molar-refractivity contribution >= 4 is 0 Å². The molecule has 0 nitrogen and oxygen atoms in total. The van der Waals surface area contributed by atoms with E-state index < -0.39 is 0 Å².